The van der Waals surface area contributed by atoms with Crippen LogP contribution < -0.4 is 5.32 Å². The van der Waals surface area contributed by atoms with Crippen LogP contribution in [0.15, 0.2) is 47.1 Å². The second-order valence-corrected chi connectivity index (χ2v) is 5.93. The molecule has 1 aromatic carbocycles. The normalized spacial score (nSPS) is 12.4. The SMILES string of the molecule is CC(C)Cc1ccc(CC(=O)NCC(O)c2ccco2)cc1. The first-order valence-electron chi connectivity index (χ1n) is 7.60. The molecule has 0 saturated carbocycles. The first kappa shape index (κ1) is 16.3. The molecule has 0 spiro atoms. The highest BCUT2D eigenvalue weighted by Crippen LogP contribution is 2.12. The minimum Gasteiger partial charge on any atom is -0.467 e. The first-order valence-corrected chi connectivity index (χ1v) is 7.60. The summed E-state index contributed by atoms with van der Waals surface area (Å²) < 4.78 is 5.09. The average molecular weight is 301 g/mol. The Kier molecular flexibility index (Phi) is 5.78. The van der Waals surface area contributed by atoms with Gasteiger partial charge in [-0.1, -0.05) is 38.1 Å². The van der Waals surface area contributed by atoms with Gasteiger partial charge in [0, 0.05) is 0 Å². The topological polar surface area (TPSA) is 62.5 Å². The Morgan fingerprint density at radius 1 is 1.18 bits per heavy atom. The molecule has 2 N–H and O–H groups in total. The predicted octanol–water partition coefficient (Wildman–Crippen LogP) is 2.87. The molecule has 0 fully saturated rings. The molecule has 0 aliphatic rings. The smallest absolute Gasteiger partial charge is 0.224 e. The van der Waals surface area contributed by atoms with Crippen molar-refractivity contribution in [2.45, 2.75) is 32.8 Å². The van der Waals surface area contributed by atoms with E-state index in [2.05, 4.69) is 31.3 Å². The molecule has 0 aliphatic heterocycles. The minimum absolute atomic E-state index is 0.109. The molecule has 22 heavy (non-hydrogen) atoms. The molecule has 0 aliphatic carbocycles. The van der Waals surface area contributed by atoms with Crippen LogP contribution >= 0.6 is 0 Å². The molecule has 0 radical (unpaired) electrons. The number of furan rings is 1. The van der Waals surface area contributed by atoms with Crippen molar-refractivity contribution >= 4 is 5.91 Å². The van der Waals surface area contributed by atoms with Gasteiger partial charge in [-0.15, -0.1) is 0 Å². The number of aliphatic hydroxyl groups excluding tert-OH is 1. The molecular weight excluding hydrogens is 278 g/mol. The fourth-order valence-electron chi connectivity index (χ4n) is 2.30. The first-order chi connectivity index (χ1) is 10.5. The maximum Gasteiger partial charge on any atom is 0.224 e. The van der Waals surface area contributed by atoms with Gasteiger partial charge in [-0.3, -0.25) is 4.79 Å². The fraction of sp³-hybridized carbons (Fsp3) is 0.389. The zero-order chi connectivity index (χ0) is 15.9. The van der Waals surface area contributed by atoms with Gasteiger partial charge in [0.15, 0.2) is 0 Å². The number of hydrogen-bond donors (Lipinski definition) is 2. The van der Waals surface area contributed by atoms with E-state index < -0.39 is 6.10 Å². The van der Waals surface area contributed by atoms with Crippen LogP contribution in [-0.2, 0) is 17.6 Å². The number of nitrogens with one attached hydrogen (secondary N) is 1. The second kappa shape index (κ2) is 7.80. The van der Waals surface area contributed by atoms with Crippen LogP contribution in [0.3, 0.4) is 0 Å². The quantitative estimate of drug-likeness (QED) is 0.826. The molecule has 118 valence electrons. The standard InChI is InChI=1S/C18H23NO3/c1-13(2)10-14-5-7-15(8-6-14)11-18(21)19-12-16(20)17-4-3-9-22-17/h3-9,13,16,20H,10-12H2,1-2H3,(H,19,21). The number of amides is 1. The number of benzene rings is 1. The molecule has 2 aromatic rings. The van der Waals surface area contributed by atoms with Gasteiger partial charge in [0.25, 0.3) is 0 Å². The minimum atomic E-state index is -0.813. The maximum absolute atomic E-state index is 11.9. The third-order valence-corrected chi connectivity index (χ3v) is 3.40. The van der Waals surface area contributed by atoms with E-state index in [0.717, 1.165) is 12.0 Å². The van der Waals surface area contributed by atoms with E-state index in [4.69, 9.17) is 4.42 Å². The molecule has 4 heteroatoms. The number of rotatable bonds is 7. The number of carbonyl (C=O) groups is 1. The Morgan fingerprint density at radius 2 is 1.86 bits per heavy atom. The third kappa shape index (κ3) is 5.04. The van der Waals surface area contributed by atoms with Gasteiger partial charge in [0.2, 0.25) is 5.91 Å². The summed E-state index contributed by atoms with van der Waals surface area (Å²) in [5.74, 6) is 0.970. The van der Waals surface area contributed by atoms with Gasteiger partial charge in [0.05, 0.1) is 19.2 Å². The zero-order valence-corrected chi connectivity index (χ0v) is 13.1. The zero-order valence-electron chi connectivity index (χ0n) is 13.1. The summed E-state index contributed by atoms with van der Waals surface area (Å²) in [5.41, 5.74) is 2.25. The van der Waals surface area contributed by atoms with Gasteiger partial charge in [0.1, 0.15) is 11.9 Å². The van der Waals surface area contributed by atoms with Crippen molar-refractivity contribution in [1.29, 1.82) is 0 Å². The van der Waals surface area contributed by atoms with Crippen LogP contribution in [0.5, 0.6) is 0 Å². The van der Waals surface area contributed by atoms with Crippen molar-refractivity contribution in [3.05, 3.63) is 59.5 Å². The van der Waals surface area contributed by atoms with E-state index >= 15 is 0 Å². The van der Waals surface area contributed by atoms with Crippen molar-refractivity contribution in [2.75, 3.05) is 6.54 Å². The summed E-state index contributed by atoms with van der Waals surface area (Å²) in [6, 6.07) is 11.5. The molecular formula is C18H23NO3. The van der Waals surface area contributed by atoms with Gasteiger partial charge in [-0.2, -0.15) is 0 Å². The van der Waals surface area contributed by atoms with E-state index in [9.17, 15) is 9.90 Å². The second-order valence-electron chi connectivity index (χ2n) is 5.93. The lowest BCUT2D eigenvalue weighted by Gasteiger charge is -2.10. The summed E-state index contributed by atoms with van der Waals surface area (Å²) in [5, 5.41) is 12.6. The van der Waals surface area contributed by atoms with Crippen LogP contribution in [-0.4, -0.2) is 17.6 Å². The number of carbonyl (C=O) groups excluding carboxylic acids is 1. The largest absolute Gasteiger partial charge is 0.467 e. The van der Waals surface area contributed by atoms with E-state index in [1.165, 1.54) is 11.8 Å². The highest BCUT2D eigenvalue weighted by molar-refractivity contribution is 5.78. The Labute approximate surface area is 131 Å². The molecule has 2 rings (SSSR count). The lowest BCUT2D eigenvalue weighted by atomic mass is 10.0. The Bertz CT molecular complexity index is 573. The molecule has 0 saturated heterocycles. The fourth-order valence-corrected chi connectivity index (χ4v) is 2.30. The Hall–Kier alpha value is -2.07. The van der Waals surface area contributed by atoms with Gasteiger partial charge < -0.3 is 14.8 Å². The Morgan fingerprint density at radius 3 is 2.45 bits per heavy atom. The number of hydrogen-bond acceptors (Lipinski definition) is 3. The van der Waals surface area contributed by atoms with Crippen LogP contribution in [0.25, 0.3) is 0 Å². The summed E-state index contributed by atoms with van der Waals surface area (Å²) in [4.78, 5) is 11.9. The van der Waals surface area contributed by atoms with Crippen LogP contribution in [0.4, 0.5) is 0 Å². The van der Waals surface area contributed by atoms with Crippen molar-refractivity contribution in [2.24, 2.45) is 5.92 Å². The van der Waals surface area contributed by atoms with E-state index in [-0.39, 0.29) is 12.5 Å². The monoisotopic (exact) mass is 301 g/mol. The molecule has 1 heterocycles. The predicted molar refractivity (Wildman–Crippen MR) is 85.4 cm³/mol. The summed E-state index contributed by atoms with van der Waals surface area (Å²) >= 11 is 0. The third-order valence-electron chi connectivity index (χ3n) is 3.40. The van der Waals surface area contributed by atoms with Crippen molar-refractivity contribution in [1.82, 2.24) is 5.32 Å². The lowest BCUT2D eigenvalue weighted by Crippen LogP contribution is -2.29. The molecule has 1 aromatic heterocycles. The summed E-state index contributed by atoms with van der Waals surface area (Å²) in [6.07, 6.45) is 2.04. The molecule has 0 bridgehead atoms. The van der Waals surface area contributed by atoms with Gasteiger partial charge in [-0.25, -0.2) is 0 Å². The van der Waals surface area contributed by atoms with Crippen molar-refractivity contribution < 1.29 is 14.3 Å². The van der Waals surface area contributed by atoms with Crippen molar-refractivity contribution in [3.8, 4) is 0 Å². The van der Waals surface area contributed by atoms with Gasteiger partial charge in [-0.05, 0) is 35.6 Å². The molecule has 1 atom stereocenters. The van der Waals surface area contributed by atoms with E-state index in [0.29, 0.717) is 18.1 Å². The van der Waals surface area contributed by atoms with Crippen LogP contribution in [0.2, 0.25) is 0 Å². The maximum atomic E-state index is 11.9. The van der Waals surface area contributed by atoms with Gasteiger partial charge >= 0.3 is 0 Å². The highest BCUT2D eigenvalue weighted by Gasteiger charge is 2.12. The average Bonchev–Trinajstić information content (AvgIpc) is 3.00. The summed E-state index contributed by atoms with van der Waals surface area (Å²) in [7, 11) is 0. The van der Waals surface area contributed by atoms with E-state index in [1.807, 2.05) is 12.1 Å². The number of aliphatic hydroxyl groups is 1. The molecule has 1 amide bonds. The van der Waals surface area contributed by atoms with Crippen LogP contribution in [0, 0.1) is 5.92 Å². The molecule has 1 unspecified atom stereocenters. The van der Waals surface area contributed by atoms with Crippen LogP contribution in [0.1, 0.15) is 36.8 Å². The van der Waals surface area contributed by atoms with Crippen molar-refractivity contribution in [3.63, 3.8) is 0 Å². The Balaban J connectivity index is 1.79. The highest BCUT2D eigenvalue weighted by atomic mass is 16.4. The summed E-state index contributed by atoms with van der Waals surface area (Å²) in [6.45, 7) is 4.52. The molecule has 4 nitrogen and oxygen atoms in total. The van der Waals surface area contributed by atoms with E-state index in [1.54, 1.807) is 12.1 Å². The lowest BCUT2D eigenvalue weighted by molar-refractivity contribution is -0.120.